The fourth-order valence-electron chi connectivity index (χ4n) is 3.36. The van der Waals surface area contributed by atoms with Crippen molar-refractivity contribution in [3.05, 3.63) is 53.6 Å². The zero-order valence-electron chi connectivity index (χ0n) is 16.5. The van der Waals surface area contributed by atoms with E-state index in [9.17, 15) is 4.79 Å². The minimum Gasteiger partial charge on any atom is -0.339 e. The maximum atomic E-state index is 13.5. The highest BCUT2D eigenvalue weighted by Crippen LogP contribution is 2.30. The van der Waals surface area contributed by atoms with E-state index in [0.717, 1.165) is 58.2 Å². The second kappa shape index (κ2) is 8.25. The summed E-state index contributed by atoms with van der Waals surface area (Å²) in [4.78, 5) is 28.5. The Bertz CT molecular complexity index is 953. The van der Waals surface area contributed by atoms with Gasteiger partial charge >= 0.3 is 0 Å². The third-order valence-electron chi connectivity index (χ3n) is 4.88. The van der Waals surface area contributed by atoms with Crippen LogP contribution in [0.5, 0.6) is 0 Å². The number of carbonyl (C=O) groups is 1. The van der Waals surface area contributed by atoms with Gasteiger partial charge in [-0.15, -0.1) is 0 Å². The Hall–Kier alpha value is -2.82. The maximum absolute atomic E-state index is 13.5. The molecule has 3 rings (SSSR count). The summed E-state index contributed by atoms with van der Waals surface area (Å²) >= 11 is 0. The van der Waals surface area contributed by atoms with Crippen molar-refractivity contribution in [2.45, 2.75) is 40.5 Å². The van der Waals surface area contributed by atoms with Crippen LogP contribution in [0.4, 0.5) is 0 Å². The molecule has 5 nitrogen and oxygen atoms in total. The van der Waals surface area contributed by atoms with Crippen molar-refractivity contribution in [3.8, 4) is 11.3 Å². The van der Waals surface area contributed by atoms with Gasteiger partial charge in [-0.25, -0.2) is 15.0 Å². The average molecular weight is 362 g/mol. The van der Waals surface area contributed by atoms with Crippen LogP contribution in [0.2, 0.25) is 0 Å². The molecule has 0 aliphatic carbocycles. The number of nitrogens with zero attached hydrogens (tertiary/aromatic N) is 4. The van der Waals surface area contributed by atoms with Crippen molar-refractivity contribution in [2.24, 2.45) is 0 Å². The quantitative estimate of drug-likeness (QED) is 0.644. The van der Waals surface area contributed by atoms with Crippen LogP contribution in [-0.4, -0.2) is 38.8 Å². The molecular weight excluding hydrogens is 336 g/mol. The van der Waals surface area contributed by atoms with Crippen LogP contribution in [0, 0.1) is 13.8 Å². The number of unbranched alkanes of at least 4 members (excludes halogenated alkanes) is 1. The van der Waals surface area contributed by atoms with Crippen molar-refractivity contribution in [3.63, 3.8) is 0 Å². The maximum Gasteiger partial charge on any atom is 0.254 e. The van der Waals surface area contributed by atoms with E-state index in [1.165, 1.54) is 6.33 Å². The standard InChI is InChI=1S/C22H26N4O/c1-5-7-10-26(6-2)22(27)20-16(4)21(17-12-23-14-24-13-17)25-19-9-8-15(3)11-18(19)20/h8-9,11-14H,5-7,10H2,1-4H3. The molecule has 0 saturated heterocycles. The smallest absolute Gasteiger partial charge is 0.254 e. The number of pyridine rings is 1. The summed E-state index contributed by atoms with van der Waals surface area (Å²) in [5.74, 6) is 0.0690. The fourth-order valence-corrected chi connectivity index (χ4v) is 3.36. The van der Waals surface area contributed by atoms with Crippen molar-refractivity contribution >= 4 is 16.8 Å². The summed E-state index contributed by atoms with van der Waals surface area (Å²) in [7, 11) is 0. The normalized spacial score (nSPS) is 11.0. The SMILES string of the molecule is CCCCN(CC)C(=O)c1c(C)c(-c2cncnc2)nc2ccc(C)cc12. The largest absolute Gasteiger partial charge is 0.339 e. The van der Waals surface area contributed by atoms with Gasteiger partial charge in [-0.1, -0.05) is 25.0 Å². The number of hydrogen-bond donors (Lipinski definition) is 0. The first-order valence-corrected chi connectivity index (χ1v) is 9.52. The molecule has 0 N–H and O–H groups in total. The molecule has 3 aromatic rings. The molecular formula is C22H26N4O. The molecule has 2 aromatic heterocycles. The molecule has 1 amide bonds. The summed E-state index contributed by atoms with van der Waals surface area (Å²) < 4.78 is 0. The topological polar surface area (TPSA) is 59.0 Å². The van der Waals surface area contributed by atoms with Crippen LogP contribution >= 0.6 is 0 Å². The van der Waals surface area contributed by atoms with Crippen molar-refractivity contribution in [1.29, 1.82) is 0 Å². The summed E-state index contributed by atoms with van der Waals surface area (Å²) in [6.07, 6.45) is 7.04. The number of carbonyl (C=O) groups excluding carboxylic acids is 1. The Morgan fingerprint density at radius 1 is 1.11 bits per heavy atom. The molecule has 0 aliphatic rings. The second-order valence-corrected chi connectivity index (χ2v) is 6.85. The number of fused-ring (bicyclic) bond motifs is 1. The van der Waals surface area contributed by atoms with E-state index in [0.29, 0.717) is 6.54 Å². The molecule has 1 aromatic carbocycles. The molecule has 140 valence electrons. The molecule has 0 fully saturated rings. The highest BCUT2D eigenvalue weighted by atomic mass is 16.2. The molecule has 0 unspecified atom stereocenters. The van der Waals surface area contributed by atoms with Gasteiger partial charge in [0.15, 0.2) is 0 Å². The Balaban J connectivity index is 2.23. The van der Waals surface area contributed by atoms with E-state index in [-0.39, 0.29) is 5.91 Å². The summed E-state index contributed by atoms with van der Waals surface area (Å²) in [6, 6.07) is 6.07. The molecule has 0 radical (unpaired) electrons. The minimum atomic E-state index is 0.0690. The van der Waals surface area contributed by atoms with Gasteiger partial charge in [0.25, 0.3) is 5.91 Å². The first kappa shape index (κ1) is 19.0. The van der Waals surface area contributed by atoms with Gasteiger partial charge in [-0.2, -0.15) is 0 Å². The molecule has 0 spiro atoms. The van der Waals surface area contributed by atoms with E-state index in [1.54, 1.807) is 12.4 Å². The van der Waals surface area contributed by atoms with Gasteiger partial charge in [0.1, 0.15) is 6.33 Å². The molecule has 0 saturated carbocycles. The minimum absolute atomic E-state index is 0.0690. The number of hydrogen-bond acceptors (Lipinski definition) is 4. The lowest BCUT2D eigenvalue weighted by Crippen LogP contribution is -2.32. The van der Waals surface area contributed by atoms with Gasteiger partial charge < -0.3 is 4.90 Å². The van der Waals surface area contributed by atoms with Crippen LogP contribution in [0.25, 0.3) is 22.2 Å². The van der Waals surface area contributed by atoms with E-state index < -0.39 is 0 Å². The average Bonchev–Trinajstić information content (AvgIpc) is 2.68. The van der Waals surface area contributed by atoms with Crippen LogP contribution in [0.15, 0.2) is 36.9 Å². The third kappa shape index (κ3) is 3.82. The number of aryl methyl sites for hydroxylation is 1. The monoisotopic (exact) mass is 362 g/mol. The van der Waals surface area contributed by atoms with Crippen LogP contribution in [0.1, 0.15) is 48.2 Å². The number of benzene rings is 1. The van der Waals surface area contributed by atoms with Gasteiger partial charge in [0.05, 0.1) is 16.8 Å². The van der Waals surface area contributed by atoms with E-state index in [1.807, 2.05) is 37.8 Å². The molecule has 2 heterocycles. The van der Waals surface area contributed by atoms with Gasteiger partial charge in [-0.05, 0) is 44.9 Å². The van der Waals surface area contributed by atoms with Crippen molar-refractivity contribution in [2.75, 3.05) is 13.1 Å². The Kier molecular flexibility index (Phi) is 5.79. The van der Waals surface area contributed by atoms with Crippen molar-refractivity contribution < 1.29 is 4.79 Å². The second-order valence-electron chi connectivity index (χ2n) is 6.85. The first-order valence-electron chi connectivity index (χ1n) is 9.52. The molecule has 5 heteroatoms. The lowest BCUT2D eigenvalue weighted by molar-refractivity contribution is 0.0763. The number of rotatable bonds is 6. The van der Waals surface area contributed by atoms with Gasteiger partial charge in [0.2, 0.25) is 0 Å². The Morgan fingerprint density at radius 2 is 1.85 bits per heavy atom. The summed E-state index contributed by atoms with van der Waals surface area (Å²) in [5, 5.41) is 0.910. The highest BCUT2D eigenvalue weighted by Gasteiger charge is 2.22. The fraction of sp³-hybridized carbons (Fsp3) is 0.364. The molecule has 0 bridgehead atoms. The predicted molar refractivity (Wildman–Crippen MR) is 109 cm³/mol. The van der Waals surface area contributed by atoms with E-state index >= 15 is 0 Å². The molecule has 0 aliphatic heterocycles. The van der Waals surface area contributed by atoms with Crippen LogP contribution in [0.3, 0.4) is 0 Å². The zero-order valence-corrected chi connectivity index (χ0v) is 16.5. The van der Waals surface area contributed by atoms with Gasteiger partial charge in [-0.3, -0.25) is 4.79 Å². The Labute approximate surface area is 160 Å². The number of aromatic nitrogens is 3. The first-order chi connectivity index (χ1) is 13.1. The third-order valence-corrected chi connectivity index (χ3v) is 4.88. The lowest BCUT2D eigenvalue weighted by atomic mass is 9.96. The molecule has 0 atom stereocenters. The van der Waals surface area contributed by atoms with Gasteiger partial charge in [0, 0.05) is 36.4 Å². The zero-order chi connectivity index (χ0) is 19.4. The Morgan fingerprint density at radius 3 is 2.52 bits per heavy atom. The van der Waals surface area contributed by atoms with Crippen LogP contribution in [-0.2, 0) is 0 Å². The number of amides is 1. The highest BCUT2D eigenvalue weighted by molar-refractivity contribution is 6.09. The molecule has 27 heavy (non-hydrogen) atoms. The van der Waals surface area contributed by atoms with E-state index in [4.69, 9.17) is 4.98 Å². The van der Waals surface area contributed by atoms with Crippen molar-refractivity contribution in [1.82, 2.24) is 19.9 Å². The predicted octanol–water partition coefficient (Wildman–Crippen LogP) is 4.57. The van der Waals surface area contributed by atoms with Crippen LogP contribution < -0.4 is 0 Å². The summed E-state index contributed by atoms with van der Waals surface area (Å²) in [6.45, 7) is 9.64. The summed E-state index contributed by atoms with van der Waals surface area (Å²) in [5.41, 5.74) is 5.14. The lowest BCUT2D eigenvalue weighted by Gasteiger charge is -2.23. The van der Waals surface area contributed by atoms with E-state index in [2.05, 4.69) is 23.0 Å².